The van der Waals surface area contributed by atoms with Crippen LogP contribution in [-0.2, 0) is 13.0 Å². The molecule has 0 atom stereocenters. The van der Waals surface area contributed by atoms with Crippen molar-refractivity contribution in [3.05, 3.63) is 21.0 Å². The highest BCUT2D eigenvalue weighted by Gasteiger charge is 2.02. The largest absolute Gasteiger partial charge is 0.375 e. The summed E-state index contributed by atoms with van der Waals surface area (Å²) in [6, 6.07) is 0. The summed E-state index contributed by atoms with van der Waals surface area (Å²) < 4.78 is 2.90. The zero-order valence-electron chi connectivity index (χ0n) is 7.22. The molecule has 2 aromatic rings. The Morgan fingerprint density at radius 2 is 2.36 bits per heavy atom. The first-order chi connectivity index (χ1) is 6.75. The fraction of sp³-hybridized carbons (Fsp3) is 0.286. The van der Waals surface area contributed by atoms with E-state index in [0.29, 0.717) is 5.13 Å². The number of halogens is 1. The molecular weight excluding hydrogens is 313 g/mol. The zero-order valence-corrected chi connectivity index (χ0v) is 10.2. The van der Waals surface area contributed by atoms with Gasteiger partial charge >= 0.3 is 0 Å². The van der Waals surface area contributed by atoms with Gasteiger partial charge in [0.05, 0.1) is 6.20 Å². The maximum absolute atomic E-state index is 5.53. The molecule has 2 aromatic heterocycles. The van der Waals surface area contributed by atoms with Crippen molar-refractivity contribution in [2.45, 2.75) is 13.0 Å². The number of nitrogen functional groups attached to an aromatic ring is 1. The van der Waals surface area contributed by atoms with Gasteiger partial charge in [-0.15, -0.1) is 16.4 Å². The van der Waals surface area contributed by atoms with Gasteiger partial charge in [-0.2, -0.15) is 0 Å². The maximum Gasteiger partial charge on any atom is 0.180 e. The summed E-state index contributed by atoms with van der Waals surface area (Å²) in [5.74, 6) is 0. The Balaban J connectivity index is 1.98. The molecule has 14 heavy (non-hydrogen) atoms. The number of thiazole rings is 1. The van der Waals surface area contributed by atoms with Crippen LogP contribution in [0, 0.1) is 3.70 Å². The van der Waals surface area contributed by atoms with E-state index in [2.05, 4.69) is 37.9 Å². The number of hydrogen-bond donors (Lipinski definition) is 1. The molecule has 5 nitrogen and oxygen atoms in total. The van der Waals surface area contributed by atoms with Crippen LogP contribution in [-0.4, -0.2) is 20.0 Å². The second-order valence-corrected chi connectivity index (χ2v) is 4.95. The Bertz CT molecular complexity index is 423. The molecule has 0 saturated carbocycles. The SMILES string of the molecule is Nc1ncc(CCn2nncc2I)s1. The minimum absolute atomic E-state index is 0.619. The number of aryl methyl sites for hydroxylation is 2. The molecule has 2 N–H and O–H groups in total. The standard InChI is InChI=1S/C7H8IN5S/c8-6-4-11-12-13(6)2-1-5-3-10-7(9)14-5/h3-4H,1-2H2,(H2,9,10). The van der Waals surface area contributed by atoms with E-state index in [1.54, 1.807) is 6.20 Å². The Kier molecular flexibility index (Phi) is 2.96. The average molecular weight is 321 g/mol. The van der Waals surface area contributed by atoms with E-state index >= 15 is 0 Å². The summed E-state index contributed by atoms with van der Waals surface area (Å²) in [6.45, 7) is 0.819. The number of anilines is 1. The third kappa shape index (κ3) is 2.21. The topological polar surface area (TPSA) is 69.6 Å². The van der Waals surface area contributed by atoms with Crippen molar-refractivity contribution in [1.82, 2.24) is 20.0 Å². The third-order valence-electron chi connectivity index (χ3n) is 1.71. The van der Waals surface area contributed by atoms with Crippen molar-refractivity contribution < 1.29 is 0 Å². The predicted molar refractivity (Wildman–Crippen MR) is 63.0 cm³/mol. The van der Waals surface area contributed by atoms with Gasteiger partial charge in [0.25, 0.3) is 0 Å². The molecule has 0 aliphatic carbocycles. The Morgan fingerprint density at radius 3 is 2.93 bits per heavy atom. The summed E-state index contributed by atoms with van der Waals surface area (Å²) in [5.41, 5.74) is 5.53. The van der Waals surface area contributed by atoms with Crippen LogP contribution in [0.1, 0.15) is 4.88 Å². The lowest BCUT2D eigenvalue weighted by molar-refractivity contribution is 0.580. The molecule has 2 rings (SSSR count). The van der Waals surface area contributed by atoms with Crippen LogP contribution in [0.15, 0.2) is 12.4 Å². The van der Waals surface area contributed by atoms with Crippen LogP contribution in [0.4, 0.5) is 5.13 Å². The second kappa shape index (κ2) is 4.22. The van der Waals surface area contributed by atoms with Crippen molar-refractivity contribution in [2.24, 2.45) is 0 Å². The van der Waals surface area contributed by atoms with Crippen molar-refractivity contribution >= 4 is 39.1 Å². The molecule has 0 spiro atoms. The summed E-state index contributed by atoms with van der Waals surface area (Å²) >= 11 is 3.72. The van der Waals surface area contributed by atoms with Crippen LogP contribution in [0.3, 0.4) is 0 Å². The fourth-order valence-corrected chi connectivity index (χ4v) is 2.19. The smallest absolute Gasteiger partial charge is 0.180 e. The van der Waals surface area contributed by atoms with Crippen LogP contribution in [0.5, 0.6) is 0 Å². The van der Waals surface area contributed by atoms with E-state index in [9.17, 15) is 0 Å². The van der Waals surface area contributed by atoms with E-state index in [4.69, 9.17) is 5.73 Å². The molecule has 0 bridgehead atoms. The lowest BCUT2D eigenvalue weighted by atomic mass is 10.4. The number of nitrogens with two attached hydrogens (primary N) is 1. The molecule has 0 radical (unpaired) electrons. The first-order valence-corrected chi connectivity index (χ1v) is 5.89. The average Bonchev–Trinajstić information content (AvgIpc) is 2.72. The Morgan fingerprint density at radius 1 is 1.50 bits per heavy atom. The molecule has 74 valence electrons. The van der Waals surface area contributed by atoms with E-state index in [0.717, 1.165) is 16.7 Å². The van der Waals surface area contributed by atoms with Crippen LogP contribution < -0.4 is 5.73 Å². The highest BCUT2D eigenvalue weighted by Crippen LogP contribution is 2.15. The lowest BCUT2D eigenvalue weighted by Crippen LogP contribution is -2.04. The normalized spacial score (nSPS) is 10.6. The highest BCUT2D eigenvalue weighted by molar-refractivity contribution is 14.1. The summed E-state index contributed by atoms with van der Waals surface area (Å²) in [4.78, 5) is 5.16. The van der Waals surface area contributed by atoms with Gasteiger partial charge in [0.15, 0.2) is 5.13 Å². The number of aromatic nitrogens is 4. The first kappa shape index (κ1) is 9.84. The highest BCUT2D eigenvalue weighted by atomic mass is 127. The number of nitrogens with zero attached hydrogens (tertiary/aromatic N) is 4. The molecule has 0 aromatic carbocycles. The summed E-state index contributed by atoms with van der Waals surface area (Å²) in [5, 5.41) is 8.38. The van der Waals surface area contributed by atoms with Gasteiger partial charge in [0.2, 0.25) is 0 Å². The van der Waals surface area contributed by atoms with E-state index in [-0.39, 0.29) is 0 Å². The molecule has 0 saturated heterocycles. The minimum Gasteiger partial charge on any atom is -0.375 e. The van der Waals surface area contributed by atoms with Gasteiger partial charge in [0.1, 0.15) is 3.70 Å². The van der Waals surface area contributed by atoms with Gasteiger partial charge < -0.3 is 5.73 Å². The van der Waals surface area contributed by atoms with E-state index < -0.39 is 0 Å². The van der Waals surface area contributed by atoms with E-state index in [1.807, 2.05) is 10.9 Å². The molecule has 0 unspecified atom stereocenters. The zero-order chi connectivity index (χ0) is 9.97. The monoisotopic (exact) mass is 321 g/mol. The molecule has 7 heteroatoms. The van der Waals surface area contributed by atoms with Crippen molar-refractivity contribution in [3.8, 4) is 0 Å². The lowest BCUT2D eigenvalue weighted by Gasteiger charge is -1.98. The third-order valence-corrected chi connectivity index (χ3v) is 3.43. The van der Waals surface area contributed by atoms with Gasteiger partial charge in [-0.25, -0.2) is 9.67 Å². The Hall–Kier alpha value is -0.700. The Labute approximate surface area is 98.5 Å². The summed E-state index contributed by atoms with van der Waals surface area (Å²) in [7, 11) is 0. The van der Waals surface area contributed by atoms with Crippen molar-refractivity contribution in [2.75, 3.05) is 5.73 Å². The fourth-order valence-electron chi connectivity index (χ4n) is 1.05. The van der Waals surface area contributed by atoms with Gasteiger partial charge in [-0.3, -0.25) is 0 Å². The van der Waals surface area contributed by atoms with Crippen LogP contribution >= 0.6 is 33.9 Å². The number of rotatable bonds is 3. The van der Waals surface area contributed by atoms with E-state index in [1.165, 1.54) is 16.2 Å². The van der Waals surface area contributed by atoms with Gasteiger partial charge in [-0.05, 0) is 22.6 Å². The minimum atomic E-state index is 0.619. The summed E-state index contributed by atoms with van der Waals surface area (Å²) in [6.07, 6.45) is 4.44. The number of hydrogen-bond acceptors (Lipinski definition) is 5. The predicted octanol–water partition coefficient (Wildman–Crippen LogP) is 1.16. The molecule has 0 aliphatic heterocycles. The first-order valence-electron chi connectivity index (χ1n) is 4.00. The molecule has 0 fully saturated rings. The molecule has 0 aliphatic rings. The molecule has 2 heterocycles. The van der Waals surface area contributed by atoms with Gasteiger partial charge in [-0.1, -0.05) is 5.21 Å². The van der Waals surface area contributed by atoms with Crippen molar-refractivity contribution in [1.29, 1.82) is 0 Å². The van der Waals surface area contributed by atoms with Crippen LogP contribution in [0.25, 0.3) is 0 Å². The van der Waals surface area contributed by atoms with Crippen LogP contribution in [0.2, 0.25) is 0 Å². The second-order valence-electron chi connectivity index (χ2n) is 2.69. The maximum atomic E-state index is 5.53. The van der Waals surface area contributed by atoms with Crippen molar-refractivity contribution in [3.63, 3.8) is 0 Å². The van der Waals surface area contributed by atoms with Gasteiger partial charge in [0, 0.05) is 24.0 Å². The molecular formula is C7H8IN5S. The quantitative estimate of drug-likeness (QED) is 0.862. The molecule has 0 amide bonds.